The van der Waals surface area contributed by atoms with Crippen molar-refractivity contribution in [1.82, 2.24) is 10.1 Å². The fourth-order valence-electron chi connectivity index (χ4n) is 1.10. The van der Waals surface area contributed by atoms with Crippen LogP contribution in [0.15, 0.2) is 4.52 Å². The molecule has 0 saturated heterocycles. The topological polar surface area (TPSA) is 94.4 Å². The van der Waals surface area contributed by atoms with Crippen LogP contribution in [-0.2, 0) is 11.2 Å². The van der Waals surface area contributed by atoms with E-state index in [0.29, 0.717) is 24.6 Å². The second kappa shape index (κ2) is 5.79. The van der Waals surface area contributed by atoms with Crippen molar-refractivity contribution >= 4 is 0 Å². The van der Waals surface area contributed by atoms with Crippen molar-refractivity contribution in [3.63, 3.8) is 0 Å². The summed E-state index contributed by atoms with van der Waals surface area (Å²) in [4.78, 5) is 4.12. The lowest BCUT2D eigenvalue weighted by Crippen LogP contribution is -2.13. The number of aromatic nitrogens is 2. The first-order chi connectivity index (χ1) is 7.17. The Labute approximate surface area is 88.4 Å². The highest BCUT2D eigenvalue weighted by molar-refractivity contribution is 4.92. The van der Waals surface area contributed by atoms with Gasteiger partial charge in [0.1, 0.15) is 0 Å². The van der Waals surface area contributed by atoms with Gasteiger partial charge in [-0.3, -0.25) is 0 Å². The highest BCUT2D eigenvalue weighted by Gasteiger charge is 2.15. The van der Waals surface area contributed by atoms with Crippen molar-refractivity contribution in [3.8, 4) is 0 Å². The van der Waals surface area contributed by atoms with Gasteiger partial charge in [-0.25, -0.2) is 0 Å². The molecule has 0 aliphatic heterocycles. The van der Waals surface area contributed by atoms with E-state index in [1.165, 1.54) is 0 Å². The van der Waals surface area contributed by atoms with Crippen LogP contribution in [-0.4, -0.2) is 35.1 Å². The second-order valence-corrected chi connectivity index (χ2v) is 3.42. The van der Waals surface area contributed by atoms with E-state index in [9.17, 15) is 0 Å². The van der Waals surface area contributed by atoms with Gasteiger partial charge in [0.05, 0.1) is 12.1 Å². The number of hydrogen-bond donors (Lipinski definition) is 2. The lowest BCUT2D eigenvalue weighted by molar-refractivity contribution is 0.116. The molecule has 0 saturated carbocycles. The molecule has 0 fully saturated rings. The Hall–Kier alpha value is -0.980. The molecule has 6 heteroatoms. The predicted octanol–water partition coefficient (Wildman–Crippen LogP) is 0.0292. The van der Waals surface area contributed by atoms with Gasteiger partial charge in [-0.05, 0) is 13.3 Å². The van der Waals surface area contributed by atoms with Gasteiger partial charge < -0.3 is 20.1 Å². The zero-order chi connectivity index (χ0) is 11.3. The van der Waals surface area contributed by atoms with Crippen molar-refractivity contribution in [2.24, 2.45) is 5.73 Å². The van der Waals surface area contributed by atoms with Gasteiger partial charge in [0.25, 0.3) is 0 Å². The third-order valence-corrected chi connectivity index (χ3v) is 2.11. The molecule has 0 aliphatic carbocycles. The van der Waals surface area contributed by atoms with E-state index in [-0.39, 0.29) is 12.7 Å². The lowest BCUT2D eigenvalue weighted by atomic mass is 10.2. The van der Waals surface area contributed by atoms with E-state index in [2.05, 4.69) is 10.1 Å². The zero-order valence-electron chi connectivity index (χ0n) is 9.01. The first kappa shape index (κ1) is 12.1. The monoisotopic (exact) mass is 215 g/mol. The quantitative estimate of drug-likeness (QED) is 0.695. The Kier molecular flexibility index (Phi) is 4.67. The van der Waals surface area contributed by atoms with E-state index in [0.717, 1.165) is 0 Å². The van der Waals surface area contributed by atoms with Gasteiger partial charge in [0, 0.05) is 20.1 Å². The summed E-state index contributed by atoms with van der Waals surface area (Å²) in [5.41, 5.74) is 5.69. The highest BCUT2D eigenvalue weighted by Crippen LogP contribution is 2.11. The minimum atomic E-state index is -0.394. The van der Waals surface area contributed by atoms with E-state index in [1.54, 1.807) is 7.11 Å². The van der Waals surface area contributed by atoms with E-state index >= 15 is 0 Å². The molecule has 0 aliphatic rings. The fourth-order valence-corrected chi connectivity index (χ4v) is 1.10. The number of hydrogen-bond acceptors (Lipinski definition) is 6. The normalized spacial score (nSPS) is 15.2. The summed E-state index contributed by atoms with van der Waals surface area (Å²) >= 11 is 0. The van der Waals surface area contributed by atoms with E-state index < -0.39 is 6.04 Å². The first-order valence-electron chi connectivity index (χ1n) is 4.89. The van der Waals surface area contributed by atoms with E-state index in [1.807, 2.05) is 6.92 Å². The molecule has 1 aromatic heterocycles. The number of aliphatic hydroxyl groups excluding tert-OH is 1. The van der Waals surface area contributed by atoms with Crippen molar-refractivity contribution in [2.45, 2.75) is 31.9 Å². The molecule has 1 aromatic rings. The lowest BCUT2D eigenvalue weighted by Gasteiger charge is -2.04. The molecule has 3 N–H and O–H groups in total. The summed E-state index contributed by atoms with van der Waals surface area (Å²) < 4.78 is 10.0. The van der Waals surface area contributed by atoms with Gasteiger partial charge in [-0.1, -0.05) is 5.16 Å². The second-order valence-electron chi connectivity index (χ2n) is 3.42. The van der Waals surface area contributed by atoms with Gasteiger partial charge >= 0.3 is 0 Å². The van der Waals surface area contributed by atoms with Crippen LogP contribution in [0.2, 0.25) is 0 Å². The van der Waals surface area contributed by atoms with E-state index in [4.69, 9.17) is 20.1 Å². The SMILES string of the molecule is COC(C)Cc1noc(C(N)CCO)n1. The maximum atomic E-state index is 8.70. The summed E-state index contributed by atoms with van der Waals surface area (Å²) in [6.07, 6.45) is 1.05. The van der Waals surface area contributed by atoms with Crippen molar-refractivity contribution < 1.29 is 14.4 Å². The molecular formula is C9H17N3O3. The molecular weight excluding hydrogens is 198 g/mol. The molecule has 86 valence electrons. The summed E-state index contributed by atoms with van der Waals surface area (Å²) in [5, 5.41) is 12.5. The average Bonchev–Trinajstić information content (AvgIpc) is 2.66. The van der Waals surface area contributed by atoms with Gasteiger partial charge in [0.2, 0.25) is 5.89 Å². The minimum absolute atomic E-state index is 0.00730. The van der Waals surface area contributed by atoms with Crippen LogP contribution in [0.1, 0.15) is 31.1 Å². The highest BCUT2D eigenvalue weighted by atomic mass is 16.5. The molecule has 0 radical (unpaired) electrons. The first-order valence-corrected chi connectivity index (χ1v) is 4.89. The molecule has 0 aromatic carbocycles. The molecule has 6 nitrogen and oxygen atoms in total. The van der Waals surface area contributed by atoms with Crippen molar-refractivity contribution in [1.29, 1.82) is 0 Å². The Morgan fingerprint density at radius 2 is 2.33 bits per heavy atom. The van der Waals surface area contributed by atoms with Crippen LogP contribution in [0.4, 0.5) is 0 Å². The Morgan fingerprint density at radius 3 is 2.93 bits per heavy atom. The molecule has 0 amide bonds. The average molecular weight is 215 g/mol. The van der Waals surface area contributed by atoms with Crippen LogP contribution in [0.5, 0.6) is 0 Å². The number of nitrogens with zero attached hydrogens (tertiary/aromatic N) is 2. The maximum Gasteiger partial charge on any atom is 0.243 e. The van der Waals surface area contributed by atoms with Gasteiger partial charge in [0.15, 0.2) is 5.82 Å². The summed E-state index contributed by atoms with van der Waals surface area (Å²) in [6, 6.07) is -0.394. The van der Waals surface area contributed by atoms with Gasteiger partial charge in [-0.15, -0.1) is 0 Å². The third kappa shape index (κ3) is 3.58. The van der Waals surface area contributed by atoms with Crippen LogP contribution < -0.4 is 5.73 Å². The number of rotatable bonds is 6. The van der Waals surface area contributed by atoms with Crippen LogP contribution in [0.25, 0.3) is 0 Å². The Balaban J connectivity index is 2.55. The summed E-state index contributed by atoms with van der Waals surface area (Å²) in [5.74, 6) is 0.940. The maximum absolute atomic E-state index is 8.70. The molecule has 0 spiro atoms. The Morgan fingerprint density at radius 1 is 1.60 bits per heavy atom. The minimum Gasteiger partial charge on any atom is -0.396 e. The number of nitrogens with two attached hydrogens (primary N) is 1. The number of methoxy groups -OCH3 is 1. The molecule has 0 bridgehead atoms. The van der Waals surface area contributed by atoms with Crippen molar-refractivity contribution in [3.05, 3.63) is 11.7 Å². The summed E-state index contributed by atoms with van der Waals surface area (Å²) in [6.45, 7) is 1.93. The van der Waals surface area contributed by atoms with Crippen LogP contribution in [0.3, 0.4) is 0 Å². The molecule has 1 heterocycles. The fraction of sp³-hybridized carbons (Fsp3) is 0.778. The number of ether oxygens (including phenoxy) is 1. The summed E-state index contributed by atoms with van der Waals surface area (Å²) in [7, 11) is 1.63. The smallest absolute Gasteiger partial charge is 0.243 e. The predicted molar refractivity (Wildman–Crippen MR) is 53.1 cm³/mol. The van der Waals surface area contributed by atoms with Crippen LogP contribution >= 0.6 is 0 Å². The van der Waals surface area contributed by atoms with Crippen LogP contribution in [0, 0.1) is 0 Å². The molecule has 15 heavy (non-hydrogen) atoms. The van der Waals surface area contributed by atoms with Gasteiger partial charge in [-0.2, -0.15) is 4.98 Å². The largest absolute Gasteiger partial charge is 0.396 e. The van der Waals surface area contributed by atoms with Crippen molar-refractivity contribution in [2.75, 3.05) is 13.7 Å². The molecule has 2 atom stereocenters. The third-order valence-electron chi connectivity index (χ3n) is 2.11. The zero-order valence-corrected chi connectivity index (χ0v) is 9.01. The molecule has 2 unspecified atom stereocenters. The number of aliphatic hydroxyl groups is 1. The Bertz CT molecular complexity index is 290. The standard InChI is InChI=1S/C9H17N3O3/c1-6(14-2)5-8-11-9(15-12-8)7(10)3-4-13/h6-7,13H,3-5,10H2,1-2H3. The molecule has 1 rings (SSSR count).